The van der Waals surface area contributed by atoms with Crippen LogP contribution in [0.1, 0.15) is 31.2 Å². The molecule has 1 aliphatic heterocycles. The molecule has 0 spiro atoms. The summed E-state index contributed by atoms with van der Waals surface area (Å²) in [5.74, 6) is -0.202. The molecular weight excluding hydrogens is 266 g/mol. The average molecular weight is 283 g/mol. The summed E-state index contributed by atoms with van der Waals surface area (Å²) in [5.41, 5.74) is 1.93. The second-order valence-electron chi connectivity index (χ2n) is 6.01. The van der Waals surface area contributed by atoms with Gasteiger partial charge in [-0.15, -0.1) is 0 Å². The first-order valence-electron chi connectivity index (χ1n) is 7.39. The first-order chi connectivity index (χ1) is 10.2. The van der Waals surface area contributed by atoms with Crippen molar-refractivity contribution in [2.45, 2.75) is 37.1 Å². The number of carbonyl (C=O) groups is 2. The van der Waals surface area contributed by atoms with E-state index in [-0.39, 0.29) is 17.4 Å². The number of fused-ring (bicyclic) bond motifs is 1. The molecule has 108 valence electrons. The number of nitrogens with one attached hydrogen (secondary N) is 3. The number of carbonyl (C=O) groups excluding carboxylic acids is 2. The molecule has 4 rings (SSSR count). The largest absolute Gasteiger partial charge is 0.361 e. The molecule has 3 N–H and O–H groups in total. The Morgan fingerprint density at radius 2 is 1.86 bits per heavy atom. The number of para-hydroxylation sites is 1. The standard InChI is InChI=1S/C16H17N3O2/c20-14-13(18-15(21)19-14)16(7-3-4-8-16)11-9-17-12-6-2-1-5-10(11)12/h1-2,5-6,9,13,17H,3-4,7-8H2,(H2,18,19,20,21). The fourth-order valence-electron chi connectivity index (χ4n) is 4.01. The van der Waals surface area contributed by atoms with E-state index in [9.17, 15) is 9.59 Å². The molecule has 3 amide bonds. The van der Waals surface area contributed by atoms with E-state index >= 15 is 0 Å². The smallest absolute Gasteiger partial charge is 0.322 e. The van der Waals surface area contributed by atoms with E-state index in [1.807, 2.05) is 24.4 Å². The van der Waals surface area contributed by atoms with Gasteiger partial charge in [0.25, 0.3) is 5.91 Å². The normalized spacial score (nSPS) is 24.3. The van der Waals surface area contributed by atoms with E-state index in [1.54, 1.807) is 0 Å². The summed E-state index contributed by atoms with van der Waals surface area (Å²) in [5, 5.41) is 6.35. The molecule has 2 aliphatic rings. The van der Waals surface area contributed by atoms with Gasteiger partial charge in [-0.25, -0.2) is 4.79 Å². The third-order valence-electron chi connectivity index (χ3n) is 4.95. The fourth-order valence-corrected chi connectivity index (χ4v) is 4.01. The molecule has 1 unspecified atom stereocenters. The molecule has 21 heavy (non-hydrogen) atoms. The first kappa shape index (κ1) is 12.4. The van der Waals surface area contributed by atoms with E-state index in [2.05, 4.69) is 21.7 Å². The Balaban J connectivity index is 1.88. The monoisotopic (exact) mass is 283 g/mol. The second kappa shape index (κ2) is 4.35. The van der Waals surface area contributed by atoms with Crippen molar-refractivity contribution >= 4 is 22.8 Å². The van der Waals surface area contributed by atoms with Crippen molar-refractivity contribution in [3.8, 4) is 0 Å². The molecule has 0 radical (unpaired) electrons. The van der Waals surface area contributed by atoms with Gasteiger partial charge in [0.15, 0.2) is 0 Å². The average Bonchev–Trinajstić information content (AvgIpc) is 3.17. The predicted molar refractivity (Wildman–Crippen MR) is 78.9 cm³/mol. The Morgan fingerprint density at radius 3 is 2.57 bits per heavy atom. The predicted octanol–water partition coefficient (Wildman–Crippen LogP) is 2.19. The van der Waals surface area contributed by atoms with Crippen LogP contribution in [0.25, 0.3) is 10.9 Å². The van der Waals surface area contributed by atoms with Gasteiger partial charge in [0.2, 0.25) is 0 Å². The zero-order valence-corrected chi connectivity index (χ0v) is 11.6. The Kier molecular flexibility index (Phi) is 2.58. The molecule has 1 saturated carbocycles. The van der Waals surface area contributed by atoms with Gasteiger partial charge in [-0.2, -0.15) is 0 Å². The molecule has 5 heteroatoms. The number of aromatic nitrogens is 1. The van der Waals surface area contributed by atoms with E-state index in [4.69, 9.17) is 0 Å². The minimum Gasteiger partial charge on any atom is -0.361 e. The number of imide groups is 1. The highest BCUT2D eigenvalue weighted by molar-refractivity contribution is 6.05. The molecule has 2 heterocycles. The fraction of sp³-hybridized carbons (Fsp3) is 0.375. The van der Waals surface area contributed by atoms with Gasteiger partial charge in [0.05, 0.1) is 0 Å². The number of aromatic amines is 1. The summed E-state index contributed by atoms with van der Waals surface area (Å²) < 4.78 is 0. The Hall–Kier alpha value is -2.30. The van der Waals surface area contributed by atoms with Gasteiger partial charge in [0, 0.05) is 22.5 Å². The molecule has 0 bridgehead atoms. The number of amides is 3. The lowest BCUT2D eigenvalue weighted by molar-refractivity contribution is -0.121. The molecule has 1 saturated heterocycles. The number of rotatable bonds is 2. The van der Waals surface area contributed by atoms with Crippen molar-refractivity contribution in [1.29, 1.82) is 0 Å². The van der Waals surface area contributed by atoms with Crippen molar-refractivity contribution in [1.82, 2.24) is 15.6 Å². The number of H-pyrrole nitrogens is 1. The Morgan fingerprint density at radius 1 is 1.10 bits per heavy atom. The van der Waals surface area contributed by atoms with Gasteiger partial charge in [-0.3, -0.25) is 10.1 Å². The highest BCUT2D eigenvalue weighted by Gasteiger charge is 2.50. The van der Waals surface area contributed by atoms with Crippen LogP contribution in [0.3, 0.4) is 0 Å². The SMILES string of the molecule is O=C1NC(=O)C(C2(c3c[nH]c4ccccc34)CCCC2)N1. The molecule has 1 atom stereocenters. The van der Waals surface area contributed by atoms with Gasteiger partial charge >= 0.3 is 6.03 Å². The maximum atomic E-state index is 12.2. The topological polar surface area (TPSA) is 74.0 Å². The van der Waals surface area contributed by atoms with Crippen molar-refractivity contribution in [3.05, 3.63) is 36.0 Å². The summed E-state index contributed by atoms with van der Waals surface area (Å²) >= 11 is 0. The van der Waals surface area contributed by atoms with Crippen LogP contribution in [0.5, 0.6) is 0 Å². The number of urea groups is 1. The lowest BCUT2D eigenvalue weighted by Crippen LogP contribution is -2.48. The molecule has 1 aromatic heterocycles. The summed E-state index contributed by atoms with van der Waals surface area (Å²) in [4.78, 5) is 27.0. The molecule has 2 aromatic rings. The lowest BCUT2D eigenvalue weighted by Gasteiger charge is -2.33. The summed E-state index contributed by atoms with van der Waals surface area (Å²) in [7, 11) is 0. The Labute approximate surface area is 122 Å². The van der Waals surface area contributed by atoms with Gasteiger partial charge in [0.1, 0.15) is 6.04 Å². The van der Waals surface area contributed by atoms with Crippen LogP contribution >= 0.6 is 0 Å². The van der Waals surface area contributed by atoms with Crippen molar-refractivity contribution in [3.63, 3.8) is 0 Å². The van der Waals surface area contributed by atoms with Gasteiger partial charge in [-0.05, 0) is 24.5 Å². The zero-order valence-electron chi connectivity index (χ0n) is 11.6. The quantitative estimate of drug-likeness (QED) is 0.739. The highest BCUT2D eigenvalue weighted by atomic mass is 16.2. The zero-order chi connectivity index (χ0) is 14.4. The van der Waals surface area contributed by atoms with Crippen LogP contribution in [-0.2, 0) is 10.2 Å². The molecule has 5 nitrogen and oxygen atoms in total. The van der Waals surface area contributed by atoms with Crippen LogP contribution in [0.2, 0.25) is 0 Å². The molecule has 2 fully saturated rings. The van der Waals surface area contributed by atoms with Crippen LogP contribution < -0.4 is 10.6 Å². The third kappa shape index (κ3) is 1.70. The highest BCUT2D eigenvalue weighted by Crippen LogP contribution is 2.46. The first-order valence-corrected chi connectivity index (χ1v) is 7.39. The van der Waals surface area contributed by atoms with Crippen LogP contribution in [0, 0.1) is 0 Å². The van der Waals surface area contributed by atoms with E-state index in [1.165, 1.54) is 0 Å². The van der Waals surface area contributed by atoms with Crippen LogP contribution in [0.4, 0.5) is 4.79 Å². The number of hydrogen-bond donors (Lipinski definition) is 3. The van der Waals surface area contributed by atoms with Gasteiger partial charge < -0.3 is 10.3 Å². The van der Waals surface area contributed by atoms with Crippen LogP contribution in [0.15, 0.2) is 30.5 Å². The van der Waals surface area contributed by atoms with Gasteiger partial charge in [-0.1, -0.05) is 31.0 Å². The summed E-state index contributed by atoms with van der Waals surface area (Å²) in [6.45, 7) is 0. The molecular formula is C16H17N3O2. The van der Waals surface area contributed by atoms with Crippen molar-refractivity contribution in [2.24, 2.45) is 0 Å². The maximum Gasteiger partial charge on any atom is 0.322 e. The number of benzene rings is 1. The third-order valence-corrected chi connectivity index (χ3v) is 4.95. The van der Waals surface area contributed by atoms with E-state index in [0.717, 1.165) is 42.1 Å². The Bertz CT molecular complexity index is 728. The molecule has 1 aliphatic carbocycles. The second-order valence-corrected chi connectivity index (χ2v) is 6.01. The molecule has 1 aromatic carbocycles. The number of hydrogen-bond acceptors (Lipinski definition) is 2. The minimum absolute atomic E-state index is 0.202. The van der Waals surface area contributed by atoms with Crippen molar-refractivity contribution < 1.29 is 9.59 Å². The van der Waals surface area contributed by atoms with E-state index < -0.39 is 6.04 Å². The lowest BCUT2D eigenvalue weighted by atomic mass is 9.72. The van der Waals surface area contributed by atoms with Crippen molar-refractivity contribution in [2.75, 3.05) is 0 Å². The summed E-state index contributed by atoms with van der Waals surface area (Å²) in [6, 6.07) is 7.27. The minimum atomic E-state index is -0.466. The maximum absolute atomic E-state index is 12.2. The van der Waals surface area contributed by atoms with E-state index in [0.29, 0.717) is 0 Å². The summed E-state index contributed by atoms with van der Waals surface area (Å²) in [6.07, 6.45) is 6.02. The van der Waals surface area contributed by atoms with Crippen LogP contribution in [-0.4, -0.2) is 23.0 Å².